The molecule has 0 spiro atoms. The van der Waals surface area contributed by atoms with E-state index in [1.54, 1.807) is 12.1 Å². The van der Waals surface area contributed by atoms with E-state index in [2.05, 4.69) is 25.6 Å². The van der Waals surface area contributed by atoms with E-state index >= 15 is 0 Å². The molecule has 1 aliphatic heterocycles. The number of anilines is 1. The average molecular weight is 333 g/mol. The molecule has 0 aromatic heterocycles. The van der Waals surface area contributed by atoms with Gasteiger partial charge in [-0.15, -0.1) is 0 Å². The molecule has 0 radical (unpaired) electrons. The third kappa shape index (κ3) is 3.05. The molecule has 1 fully saturated rings. The van der Waals surface area contributed by atoms with Crippen LogP contribution >= 0.6 is 15.9 Å². The molecular weight excluding hydrogens is 316 g/mol. The van der Waals surface area contributed by atoms with Crippen molar-refractivity contribution < 1.29 is 8.42 Å². The maximum Gasteiger partial charge on any atom is 0.240 e. The van der Waals surface area contributed by atoms with E-state index in [0.717, 1.165) is 23.2 Å². The highest BCUT2D eigenvalue weighted by atomic mass is 79.9. The monoisotopic (exact) mass is 332 g/mol. The van der Waals surface area contributed by atoms with Gasteiger partial charge >= 0.3 is 0 Å². The highest BCUT2D eigenvalue weighted by Gasteiger charge is 2.17. The van der Waals surface area contributed by atoms with Crippen molar-refractivity contribution >= 4 is 31.6 Å². The van der Waals surface area contributed by atoms with Crippen LogP contribution in [0.3, 0.4) is 0 Å². The standard InChI is InChI=1S/C12H17BrN2O2S/c1-14-18(16,17)12-8-10(13)7-11(9-12)15-5-3-2-4-6-15/h7-9,14H,2-6H2,1H3. The molecule has 4 nitrogen and oxygen atoms in total. The summed E-state index contributed by atoms with van der Waals surface area (Å²) >= 11 is 3.38. The zero-order valence-electron chi connectivity index (χ0n) is 10.3. The number of hydrogen-bond donors (Lipinski definition) is 1. The van der Waals surface area contributed by atoms with Crippen molar-refractivity contribution in [1.29, 1.82) is 0 Å². The van der Waals surface area contributed by atoms with E-state index in [1.165, 1.54) is 26.3 Å². The van der Waals surface area contributed by atoms with Gasteiger partial charge in [-0.05, 0) is 44.5 Å². The van der Waals surface area contributed by atoms with Crippen LogP contribution in [0.15, 0.2) is 27.6 Å². The number of sulfonamides is 1. The Hall–Kier alpha value is -0.590. The Bertz CT molecular complexity index is 525. The summed E-state index contributed by atoms with van der Waals surface area (Å²) in [4.78, 5) is 2.54. The highest BCUT2D eigenvalue weighted by Crippen LogP contribution is 2.27. The molecule has 0 unspecified atom stereocenters. The number of benzene rings is 1. The molecule has 1 N–H and O–H groups in total. The number of hydrogen-bond acceptors (Lipinski definition) is 3. The molecule has 1 aromatic carbocycles. The molecule has 1 saturated heterocycles. The van der Waals surface area contributed by atoms with Gasteiger partial charge in [0.15, 0.2) is 0 Å². The first-order valence-electron chi connectivity index (χ1n) is 6.02. The van der Waals surface area contributed by atoms with E-state index in [0.29, 0.717) is 4.90 Å². The Morgan fingerprint density at radius 3 is 2.44 bits per heavy atom. The van der Waals surface area contributed by atoms with Gasteiger partial charge in [0.2, 0.25) is 10.0 Å². The second-order valence-corrected chi connectivity index (χ2v) is 7.20. The summed E-state index contributed by atoms with van der Waals surface area (Å²) in [5.41, 5.74) is 0.970. The molecule has 1 heterocycles. The van der Waals surface area contributed by atoms with Crippen LogP contribution in [0.25, 0.3) is 0 Å². The number of nitrogens with one attached hydrogen (secondary N) is 1. The fraction of sp³-hybridized carbons (Fsp3) is 0.500. The second-order valence-electron chi connectivity index (χ2n) is 4.40. The summed E-state index contributed by atoms with van der Waals surface area (Å²) in [5.74, 6) is 0. The predicted molar refractivity (Wildman–Crippen MR) is 76.5 cm³/mol. The van der Waals surface area contributed by atoms with Gasteiger partial charge in [0, 0.05) is 23.2 Å². The van der Waals surface area contributed by atoms with Gasteiger partial charge in [-0.2, -0.15) is 0 Å². The highest BCUT2D eigenvalue weighted by molar-refractivity contribution is 9.10. The van der Waals surface area contributed by atoms with Crippen LogP contribution in [0.5, 0.6) is 0 Å². The van der Waals surface area contributed by atoms with Crippen LogP contribution in [0.4, 0.5) is 5.69 Å². The lowest BCUT2D eigenvalue weighted by Gasteiger charge is -2.29. The summed E-state index contributed by atoms with van der Waals surface area (Å²) in [5, 5.41) is 0. The number of halogens is 1. The molecule has 1 aromatic rings. The van der Waals surface area contributed by atoms with Crippen LogP contribution in [-0.4, -0.2) is 28.6 Å². The average Bonchev–Trinajstić information content (AvgIpc) is 2.39. The Morgan fingerprint density at radius 1 is 1.17 bits per heavy atom. The molecule has 6 heteroatoms. The summed E-state index contributed by atoms with van der Waals surface area (Å²) in [6, 6.07) is 5.33. The number of piperidine rings is 1. The molecule has 0 saturated carbocycles. The van der Waals surface area contributed by atoms with E-state index in [-0.39, 0.29) is 0 Å². The smallest absolute Gasteiger partial charge is 0.240 e. The largest absolute Gasteiger partial charge is 0.371 e. The first-order valence-corrected chi connectivity index (χ1v) is 8.29. The minimum atomic E-state index is -3.39. The molecule has 0 atom stereocenters. The second kappa shape index (κ2) is 5.59. The predicted octanol–water partition coefficient (Wildman–Crippen LogP) is 2.35. The van der Waals surface area contributed by atoms with Gasteiger partial charge in [0.25, 0.3) is 0 Å². The fourth-order valence-corrected chi connectivity index (χ4v) is 3.58. The third-order valence-corrected chi connectivity index (χ3v) is 5.01. The van der Waals surface area contributed by atoms with Crippen LogP contribution in [0.2, 0.25) is 0 Å². The molecule has 100 valence electrons. The Kier molecular flexibility index (Phi) is 4.29. The molecule has 18 heavy (non-hydrogen) atoms. The minimum absolute atomic E-state index is 0.306. The summed E-state index contributed by atoms with van der Waals surface area (Å²) < 4.78 is 26.8. The molecule has 0 bridgehead atoms. The summed E-state index contributed by atoms with van der Waals surface area (Å²) in [7, 11) is -1.96. The van der Waals surface area contributed by atoms with Crippen molar-refractivity contribution in [3.8, 4) is 0 Å². The lowest BCUT2D eigenvalue weighted by atomic mass is 10.1. The minimum Gasteiger partial charge on any atom is -0.371 e. The van der Waals surface area contributed by atoms with Crippen LogP contribution in [0, 0.1) is 0 Å². The van der Waals surface area contributed by atoms with E-state index < -0.39 is 10.0 Å². The Balaban J connectivity index is 2.37. The first kappa shape index (κ1) is 13.8. The van der Waals surface area contributed by atoms with Crippen molar-refractivity contribution in [2.24, 2.45) is 0 Å². The third-order valence-electron chi connectivity index (χ3n) is 3.16. The zero-order valence-corrected chi connectivity index (χ0v) is 12.7. The lowest BCUT2D eigenvalue weighted by Crippen LogP contribution is -2.29. The molecule has 0 aliphatic carbocycles. The maximum absolute atomic E-state index is 11.8. The quantitative estimate of drug-likeness (QED) is 0.924. The summed E-state index contributed by atoms with van der Waals surface area (Å²) in [6.07, 6.45) is 3.59. The Morgan fingerprint density at radius 2 is 1.83 bits per heavy atom. The number of rotatable bonds is 3. The molecule has 0 amide bonds. The van der Waals surface area contributed by atoms with Crippen molar-refractivity contribution in [2.75, 3.05) is 25.0 Å². The van der Waals surface area contributed by atoms with E-state index in [4.69, 9.17) is 0 Å². The van der Waals surface area contributed by atoms with Gasteiger partial charge in [-0.1, -0.05) is 15.9 Å². The van der Waals surface area contributed by atoms with Gasteiger partial charge in [-0.3, -0.25) is 0 Å². The SMILES string of the molecule is CNS(=O)(=O)c1cc(Br)cc(N2CCCCC2)c1. The van der Waals surface area contributed by atoms with Crippen molar-refractivity contribution in [3.63, 3.8) is 0 Å². The normalized spacial score (nSPS) is 16.9. The molecule has 2 rings (SSSR count). The van der Waals surface area contributed by atoms with Crippen molar-refractivity contribution in [2.45, 2.75) is 24.2 Å². The van der Waals surface area contributed by atoms with E-state index in [9.17, 15) is 8.42 Å². The zero-order chi connectivity index (χ0) is 13.2. The first-order chi connectivity index (χ1) is 8.53. The van der Waals surface area contributed by atoms with E-state index in [1.807, 2.05) is 6.07 Å². The number of nitrogens with zero attached hydrogens (tertiary/aromatic N) is 1. The molecule has 1 aliphatic rings. The van der Waals surface area contributed by atoms with Gasteiger partial charge in [-0.25, -0.2) is 13.1 Å². The van der Waals surface area contributed by atoms with Crippen molar-refractivity contribution in [3.05, 3.63) is 22.7 Å². The van der Waals surface area contributed by atoms with Crippen LogP contribution in [0.1, 0.15) is 19.3 Å². The van der Waals surface area contributed by atoms with Gasteiger partial charge in [0.05, 0.1) is 4.90 Å². The van der Waals surface area contributed by atoms with Crippen LogP contribution < -0.4 is 9.62 Å². The molecular formula is C12H17BrN2O2S. The Labute approximate surface area is 117 Å². The van der Waals surface area contributed by atoms with Gasteiger partial charge < -0.3 is 4.90 Å². The fourth-order valence-electron chi connectivity index (χ4n) is 2.16. The topological polar surface area (TPSA) is 49.4 Å². The van der Waals surface area contributed by atoms with Crippen LogP contribution in [-0.2, 0) is 10.0 Å². The van der Waals surface area contributed by atoms with Gasteiger partial charge in [0.1, 0.15) is 0 Å². The van der Waals surface area contributed by atoms with Crippen molar-refractivity contribution in [1.82, 2.24) is 4.72 Å². The lowest BCUT2D eigenvalue weighted by molar-refractivity contribution is 0.576. The maximum atomic E-state index is 11.8. The summed E-state index contributed by atoms with van der Waals surface area (Å²) in [6.45, 7) is 1.99.